The molecule has 2 aromatic rings. The molecule has 0 unspecified atom stereocenters. The molecule has 0 aliphatic heterocycles. The molecular weight excluding hydrogens is 384 g/mol. The van der Waals surface area contributed by atoms with Crippen LogP contribution in [0.4, 0.5) is 16.2 Å². The van der Waals surface area contributed by atoms with Crippen LogP contribution in [0.25, 0.3) is 0 Å². The lowest BCUT2D eigenvalue weighted by atomic mass is 10.1. The second kappa shape index (κ2) is 7.70. The van der Waals surface area contributed by atoms with Gasteiger partial charge in [-0.3, -0.25) is 10.1 Å². The van der Waals surface area contributed by atoms with Crippen LogP contribution < -0.4 is 10.6 Å². The van der Waals surface area contributed by atoms with Crippen LogP contribution in [0.1, 0.15) is 36.7 Å². The van der Waals surface area contributed by atoms with Gasteiger partial charge in [-0.2, -0.15) is 0 Å². The van der Waals surface area contributed by atoms with Gasteiger partial charge < -0.3 is 10.1 Å². The molecule has 5 nitrogen and oxygen atoms in total. The summed E-state index contributed by atoms with van der Waals surface area (Å²) in [7, 11) is 0. The zero-order valence-electron chi connectivity index (χ0n) is 14.6. The standard InChI is InChI=1S/C19H21BrN2O3/c1-12-11-14(20)7-10-16(12)22-17(23)13-5-8-15(9-6-13)21-18(24)25-19(2,3)4/h5-11H,1-4H3,(H,21,24)(H,22,23). The fourth-order valence-electron chi connectivity index (χ4n) is 2.09. The molecule has 2 rings (SSSR count). The lowest BCUT2D eigenvalue weighted by Gasteiger charge is -2.19. The van der Waals surface area contributed by atoms with E-state index in [4.69, 9.17) is 4.74 Å². The molecule has 25 heavy (non-hydrogen) atoms. The summed E-state index contributed by atoms with van der Waals surface area (Å²) < 4.78 is 6.15. The molecule has 0 spiro atoms. The maximum absolute atomic E-state index is 12.3. The van der Waals surface area contributed by atoms with Gasteiger partial charge in [0.15, 0.2) is 0 Å². The summed E-state index contributed by atoms with van der Waals surface area (Å²) in [5.74, 6) is -0.214. The van der Waals surface area contributed by atoms with Crippen molar-refractivity contribution in [2.75, 3.05) is 10.6 Å². The molecular formula is C19H21BrN2O3. The van der Waals surface area contributed by atoms with Crippen LogP contribution in [0, 0.1) is 6.92 Å². The van der Waals surface area contributed by atoms with E-state index in [1.807, 2.05) is 25.1 Å². The molecule has 2 amide bonds. The van der Waals surface area contributed by atoms with E-state index >= 15 is 0 Å². The number of aryl methyl sites for hydroxylation is 1. The maximum atomic E-state index is 12.3. The Bertz CT molecular complexity index is 780. The van der Waals surface area contributed by atoms with Crippen LogP contribution in [-0.4, -0.2) is 17.6 Å². The number of benzene rings is 2. The number of halogens is 1. The van der Waals surface area contributed by atoms with E-state index in [0.29, 0.717) is 11.3 Å². The second-order valence-corrected chi connectivity index (χ2v) is 7.53. The SMILES string of the molecule is Cc1cc(Br)ccc1NC(=O)c1ccc(NC(=O)OC(C)(C)C)cc1. The number of carbonyl (C=O) groups excluding carboxylic acids is 2. The molecule has 0 aliphatic carbocycles. The van der Waals surface area contributed by atoms with Crippen molar-refractivity contribution in [2.24, 2.45) is 0 Å². The monoisotopic (exact) mass is 404 g/mol. The fourth-order valence-corrected chi connectivity index (χ4v) is 2.56. The van der Waals surface area contributed by atoms with E-state index < -0.39 is 11.7 Å². The van der Waals surface area contributed by atoms with Crippen molar-refractivity contribution in [1.29, 1.82) is 0 Å². The van der Waals surface area contributed by atoms with Crippen molar-refractivity contribution in [3.8, 4) is 0 Å². The highest BCUT2D eigenvalue weighted by Gasteiger charge is 2.16. The lowest BCUT2D eigenvalue weighted by molar-refractivity contribution is 0.0636. The molecule has 0 atom stereocenters. The van der Waals surface area contributed by atoms with Gasteiger partial charge in [-0.05, 0) is 75.7 Å². The Morgan fingerprint density at radius 2 is 1.64 bits per heavy atom. The topological polar surface area (TPSA) is 67.4 Å². The van der Waals surface area contributed by atoms with Crippen molar-refractivity contribution >= 4 is 39.3 Å². The van der Waals surface area contributed by atoms with Crippen LogP contribution in [0.2, 0.25) is 0 Å². The van der Waals surface area contributed by atoms with Crippen molar-refractivity contribution in [1.82, 2.24) is 0 Å². The van der Waals surface area contributed by atoms with Crippen LogP contribution in [0.15, 0.2) is 46.9 Å². The molecule has 2 aromatic carbocycles. The van der Waals surface area contributed by atoms with Gasteiger partial charge in [0.2, 0.25) is 0 Å². The highest BCUT2D eigenvalue weighted by Crippen LogP contribution is 2.21. The van der Waals surface area contributed by atoms with E-state index in [2.05, 4.69) is 26.6 Å². The van der Waals surface area contributed by atoms with Gasteiger partial charge in [0, 0.05) is 21.4 Å². The second-order valence-electron chi connectivity index (χ2n) is 6.62. The zero-order chi connectivity index (χ0) is 18.6. The molecule has 0 aromatic heterocycles. The molecule has 6 heteroatoms. The number of anilines is 2. The summed E-state index contributed by atoms with van der Waals surface area (Å²) >= 11 is 3.40. The average Bonchev–Trinajstić information content (AvgIpc) is 2.48. The number of ether oxygens (including phenoxy) is 1. The molecule has 0 fully saturated rings. The van der Waals surface area contributed by atoms with Crippen LogP contribution >= 0.6 is 15.9 Å². The number of amides is 2. The molecule has 2 N–H and O–H groups in total. The molecule has 0 saturated heterocycles. The van der Waals surface area contributed by atoms with Gasteiger partial charge in [0.05, 0.1) is 0 Å². The largest absolute Gasteiger partial charge is 0.444 e. The summed E-state index contributed by atoms with van der Waals surface area (Å²) in [6.07, 6.45) is -0.532. The van der Waals surface area contributed by atoms with Crippen molar-refractivity contribution in [3.05, 3.63) is 58.1 Å². The molecule has 132 valence electrons. The first-order valence-electron chi connectivity index (χ1n) is 7.81. The Kier molecular flexibility index (Phi) is 5.85. The molecule has 0 radical (unpaired) electrons. The number of hydrogen-bond donors (Lipinski definition) is 2. The van der Waals surface area contributed by atoms with Gasteiger partial charge in [0.1, 0.15) is 5.60 Å². The summed E-state index contributed by atoms with van der Waals surface area (Å²) in [6.45, 7) is 7.31. The molecule has 0 aliphatic rings. The first-order valence-corrected chi connectivity index (χ1v) is 8.61. The Labute approximate surface area is 155 Å². The fraction of sp³-hybridized carbons (Fsp3) is 0.263. The first-order chi connectivity index (χ1) is 11.6. The zero-order valence-corrected chi connectivity index (χ0v) is 16.2. The Morgan fingerprint density at radius 1 is 1.00 bits per heavy atom. The molecule has 0 saturated carbocycles. The molecule has 0 heterocycles. The Morgan fingerprint density at radius 3 is 2.20 bits per heavy atom. The average molecular weight is 405 g/mol. The predicted octanol–water partition coefficient (Wildman–Crippen LogP) is 5.36. The third kappa shape index (κ3) is 5.90. The summed E-state index contributed by atoms with van der Waals surface area (Å²) in [5, 5.41) is 5.50. The van der Waals surface area contributed by atoms with Gasteiger partial charge in [-0.15, -0.1) is 0 Å². The van der Waals surface area contributed by atoms with Gasteiger partial charge in [0.25, 0.3) is 5.91 Å². The van der Waals surface area contributed by atoms with E-state index in [9.17, 15) is 9.59 Å². The van der Waals surface area contributed by atoms with Crippen LogP contribution in [0.5, 0.6) is 0 Å². The quantitative estimate of drug-likeness (QED) is 0.723. The highest BCUT2D eigenvalue weighted by molar-refractivity contribution is 9.10. The Balaban J connectivity index is 2.01. The highest BCUT2D eigenvalue weighted by atomic mass is 79.9. The van der Waals surface area contributed by atoms with E-state index in [1.54, 1.807) is 45.0 Å². The summed E-state index contributed by atoms with van der Waals surface area (Å²) in [6, 6.07) is 12.3. The predicted molar refractivity (Wildman–Crippen MR) is 103 cm³/mol. The Hall–Kier alpha value is -2.34. The number of nitrogens with one attached hydrogen (secondary N) is 2. The van der Waals surface area contributed by atoms with E-state index in [1.165, 1.54) is 0 Å². The first kappa shape index (κ1) is 19.0. The maximum Gasteiger partial charge on any atom is 0.412 e. The summed E-state index contributed by atoms with van der Waals surface area (Å²) in [4.78, 5) is 24.1. The van der Waals surface area contributed by atoms with Gasteiger partial charge in [-0.1, -0.05) is 15.9 Å². The summed E-state index contributed by atoms with van der Waals surface area (Å²) in [5.41, 5.74) is 2.21. The van der Waals surface area contributed by atoms with Crippen LogP contribution in [-0.2, 0) is 4.74 Å². The minimum Gasteiger partial charge on any atom is -0.444 e. The number of hydrogen-bond acceptors (Lipinski definition) is 3. The minimum atomic E-state index is -0.563. The van der Waals surface area contributed by atoms with E-state index in [-0.39, 0.29) is 5.91 Å². The number of carbonyl (C=O) groups is 2. The van der Waals surface area contributed by atoms with Crippen molar-refractivity contribution in [3.63, 3.8) is 0 Å². The normalized spacial score (nSPS) is 10.9. The third-order valence-electron chi connectivity index (χ3n) is 3.23. The minimum absolute atomic E-state index is 0.214. The molecule has 0 bridgehead atoms. The van der Waals surface area contributed by atoms with Gasteiger partial charge >= 0.3 is 6.09 Å². The van der Waals surface area contributed by atoms with Gasteiger partial charge in [-0.25, -0.2) is 4.79 Å². The third-order valence-corrected chi connectivity index (χ3v) is 3.72. The smallest absolute Gasteiger partial charge is 0.412 e. The number of rotatable bonds is 3. The van der Waals surface area contributed by atoms with Crippen molar-refractivity contribution in [2.45, 2.75) is 33.3 Å². The van der Waals surface area contributed by atoms with Crippen LogP contribution in [0.3, 0.4) is 0 Å². The van der Waals surface area contributed by atoms with Crippen molar-refractivity contribution < 1.29 is 14.3 Å². The lowest BCUT2D eigenvalue weighted by Crippen LogP contribution is -2.27. The van der Waals surface area contributed by atoms with E-state index in [0.717, 1.165) is 15.7 Å².